The van der Waals surface area contributed by atoms with E-state index < -0.39 is 0 Å². The number of rotatable bonds is 4. The minimum Gasteiger partial charge on any atom is -0.454 e. The van der Waals surface area contributed by atoms with Gasteiger partial charge in [-0.1, -0.05) is 60.7 Å². The van der Waals surface area contributed by atoms with Crippen LogP contribution in [0.5, 0.6) is 0 Å². The first-order valence-corrected chi connectivity index (χ1v) is 14.2. The van der Waals surface area contributed by atoms with Gasteiger partial charge in [-0.3, -0.25) is 9.97 Å². The number of furan rings is 2. The van der Waals surface area contributed by atoms with Gasteiger partial charge in [0.05, 0.1) is 17.3 Å². The number of hydrogen-bond acceptors (Lipinski definition) is 5. The molecule has 4 aromatic heterocycles. The van der Waals surface area contributed by atoms with Gasteiger partial charge in [0.25, 0.3) is 0 Å². The molecule has 5 heteroatoms. The number of benzene rings is 5. The average molecular weight is 554 g/mol. The van der Waals surface area contributed by atoms with Crippen molar-refractivity contribution in [2.75, 3.05) is 4.90 Å². The van der Waals surface area contributed by atoms with Crippen LogP contribution < -0.4 is 4.90 Å². The SMILES string of the molecule is c1ccc(-c2cc(N(c3ccc4c(c3)oc3cnccc34)c3cccc4oc5cccnc5c34)cc3ccccc23)cc1. The maximum absolute atomic E-state index is 6.30. The van der Waals surface area contributed by atoms with E-state index in [1.807, 2.05) is 36.5 Å². The molecular weight excluding hydrogens is 530 g/mol. The maximum atomic E-state index is 6.30. The number of hydrogen-bond donors (Lipinski definition) is 0. The first-order valence-electron chi connectivity index (χ1n) is 14.2. The van der Waals surface area contributed by atoms with Gasteiger partial charge in [-0.15, -0.1) is 0 Å². The molecule has 0 bridgehead atoms. The Labute approximate surface area is 246 Å². The van der Waals surface area contributed by atoms with Crippen molar-refractivity contribution in [1.82, 2.24) is 9.97 Å². The lowest BCUT2D eigenvalue weighted by Crippen LogP contribution is -2.10. The summed E-state index contributed by atoms with van der Waals surface area (Å²) in [5.74, 6) is 0. The summed E-state index contributed by atoms with van der Waals surface area (Å²) >= 11 is 0. The topological polar surface area (TPSA) is 55.3 Å². The standard InChI is InChI=1S/C38H23N3O2/c1-2-8-24(9-3-1)31-21-27(20-25-10-4-5-11-28(25)31)41(26-15-16-29-30-17-19-39-23-36(30)43-35(29)22-26)32-12-6-13-33-37(32)38-34(42-33)14-7-18-40-38/h1-23H. The smallest absolute Gasteiger partial charge is 0.153 e. The van der Waals surface area contributed by atoms with Crippen molar-refractivity contribution in [1.29, 1.82) is 0 Å². The monoisotopic (exact) mass is 553 g/mol. The fraction of sp³-hybridized carbons (Fsp3) is 0. The molecule has 43 heavy (non-hydrogen) atoms. The molecule has 0 N–H and O–H groups in total. The Kier molecular flexibility index (Phi) is 5.13. The highest BCUT2D eigenvalue weighted by Crippen LogP contribution is 2.45. The number of nitrogens with zero attached hydrogens (tertiary/aromatic N) is 3. The number of fused-ring (bicyclic) bond motifs is 7. The van der Waals surface area contributed by atoms with Gasteiger partial charge < -0.3 is 13.7 Å². The molecule has 0 spiro atoms. The van der Waals surface area contributed by atoms with Crippen molar-refractivity contribution in [2.45, 2.75) is 0 Å². The number of anilines is 3. The van der Waals surface area contributed by atoms with Crippen molar-refractivity contribution < 1.29 is 8.83 Å². The third-order valence-electron chi connectivity index (χ3n) is 8.18. The lowest BCUT2D eigenvalue weighted by atomic mass is 9.96. The van der Waals surface area contributed by atoms with E-state index >= 15 is 0 Å². The van der Waals surface area contributed by atoms with Crippen molar-refractivity contribution in [2.24, 2.45) is 0 Å². The van der Waals surface area contributed by atoms with Crippen LogP contribution in [0.15, 0.2) is 149 Å². The van der Waals surface area contributed by atoms with Crippen LogP contribution in [-0.2, 0) is 0 Å². The molecule has 0 radical (unpaired) electrons. The summed E-state index contributed by atoms with van der Waals surface area (Å²) in [7, 11) is 0. The Bertz CT molecular complexity index is 2480. The highest BCUT2D eigenvalue weighted by atomic mass is 16.3. The Morgan fingerprint density at radius 3 is 2.33 bits per heavy atom. The van der Waals surface area contributed by atoms with E-state index in [2.05, 4.69) is 101 Å². The third-order valence-corrected chi connectivity index (χ3v) is 8.18. The van der Waals surface area contributed by atoms with Gasteiger partial charge in [0, 0.05) is 40.6 Å². The number of aromatic nitrogens is 2. The fourth-order valence-corrected chi connectivity index (χ4v) is 6.28. The molecule has 5 aromatic carbocycles. The van der Waals surface area contributed by atoms with E-state index in [9.17, 15) is 0 Å². The molecule has 0 aliphatic carbocycles. The Balaban J connectivity index is 1.37. The molecule has 0 atom stereocenters. The highest BCUT2D eigenvalue weighted by Gasteiger charge is 2.22. The summed E-state index contributed by atoms with van der Waals surface area (Å²) in [5.41, 5.74) is 9.23. The maximum Gasteiger partial charge on any atom is 0.153 e. The lowest BCUT2D eigenvalue weighted by molar-refractivity contribution is 0.667. The molecule has 4 heterocycles. The molecule has 0 saturated heterocycles. The highest BCUT2D eigenvalue weighted by molar-refractivity contribution is 6.13. The zero-order valence-electron chi connectivity index (χ0n) is 22.9. The van der Waals surface area contributed by atoms with Gasteiger partial charge in [-0.05, 0) is 76.5 Å². The van der Waals surface area contributed by atoms with Gasteiger partial charge in [0.15, 0.2) is 11.2 Å². The Hall–Kier alpha value is -5.94. The van der Waals surface area contributed by atoms with Crippen molar-refractivity contribution >= 4 is 71.8 Å². The average Bonchev–Trinajstić information content (AvgIpc) is 3.63. The largest absolute Gasteiger partial charge is 0.454 e. The molecular formula is C38H23N3O2. The number of pyridine rings is 2. The molecule has 0 fully saturated rings. The second kappa shape index (κ2) is 9.29. The van der Waals surface area contributed by atoms with Crippen molar-refractivity contribution in [3.05, 3.63) is 140 Å². The molecule has 0 amide bonds. The summed E-state index contributed by atoms with van der Waals surface area (Å²) in [4.78, 5) is 11.3. The fourth-order valence-electron chi connectivity index (χ4n) is 6.28. The Morgan fingerprint density at radius 1 is 0.535 bits per heavy atom. The molecule has 0 unspecified atom stereocenters. The first-order chi connectivity index (χ1) is 21.3. The van der Waals surface area contributed by atoms with Crippen molar-refractivity contribution in [3.8, 4) is 11.1 Å². The molecule has 0 saturated carbocycles. The van der Waals surface area contributed by atoms with Crippen LogP contribution in [-0.4, -0.2) is 9.97 Å². The van der Waals surface area contributed by atoms with Crippen LogP contribution in [0.25, 0.3) is 65.9 Å². The van der Waals surface area contributed by atoms with E-state index in [0.717, 1.165) is 77.6 Å². The van der Waals surface area contributed by atoms with Crippen LogP contribution in [0.4, 0.5) is 17.1 Å². The van der Waals surface area contributed by atoms with Crippen LogP contribution in [0.3, 0.4) is 0 Å². The van der Waals surface area contributed by atoms with E-state index in [-0.39, 0.29) is 0 Å². The zero-order chi connectivity index (χ0) is 28.3. The summed E-state index contributed by atoms with van der Waals surface area (Å²) < 4.78 is 12.6. The van der Waals surface area contributed by atoms with Crippen LogP contribution in [0.2, 0.25) is 0 Å². The predicted molar refractivity (Wildman–Crippen MR) is 174 cm³/mol. The van der Waals surface area contributed by atoms with Gasteiger partial charge in [0.2, 0.25) is 0 Å². The third kappa shape index (κ3) is 3.72. The quantitative estimate of drug-likeness (QED) is 0.217. The minimum atomic E-state index is 0.758. The lowest BCUT2D eigenvalue weighted by Gasteiger charge is -2.27. The summed E-state index contributed by atoms with van der Waals surface area (Å²) in [6, 6.07) is 42.1. The van der Waals surface area contributed by atoms with Gasteiger partial charge in [0.1, 0.15) is 16.7 Å². The minimum absolute atomic E-state index is 0.758. The van der Waals surface area contributed by atoms with E-state index in [0.29, 0.717) is 0 Å². The van der Waals surface area contributed by atoms with Crippen LogP contribution >= 0.6 is 0 Å². The van der Waals surface area contributed by atoms with Gasteiger partial charge in [-0.2, -0.15) is 0 Å². The van der Waals surface area contributed by atoms with Crippen molar-refractivity contribution in [3.63, 3.8) is 0 Å². The van der Waals surface area contributed by atoms with Gasteiger partial charge >= 0.3 is 0 Å². The molecule has 0 aliphatic heterocycles. The molecule has 9 aromatic rings. The molecule has 5 nitrogen and oxygen atoms in total. The normalized spacial score (nSPS) is 11.7. The molecule has 9 rings (SSSR count). The molecule has 0 aliphatic rings. The zero-order valence-corrected chi connectivity index (χ0v) is 22.9. The first kappa shape index (κ1) is 23.7. The van der Waals surface area contributed by atoms with E-state index in [1.165, 1.54) is 5.39 Å². The second-order valence-corrected chi connectivity index (χ2v) is 10.7. The van der Waals surface area contributed by atoms with E-state index in [4.69, 9.17) is 13.8 Å². The van der Waals surface area contributed by atoms with Crippen LogP contribution in [0, 0.1) is 0 Å². The Morgan fingerprint density at radius 2 is 1.37 bits per heavy atom. The predicted octanol–water partition coefficient (Wildman–Crippen LogP) is 10.6. The molecule has 202 valence electrons. The summed E-state index contributed by atoms with van der Waals surface area (Å²) in [6.07, 6.45) is 5.39. The summed E-state index contributed by atoms with van der Waals surface area (Å²) in [5, 5.41) is 5.42. The van der Waals surface area contributed by atoms with Gasteiger partial charge in [-0.25, -0.2) is 0 Å². The second-order valence-electron chi connectivity index (χ2n) is 10.7. The summed E-state index contributed by atoms with van der Waals surface area (Å²) in [6.45, 7) is 0. The van der Waals surface area contributed by atoms with E-state index in [1.54, 1.807) is 12.4 Å². The van der Waals surface area contributed by atoms with Crippen LogP contribution in [0.1, 0.15) is 0 Å².